The van der Waals surface area contributed by atoms with Crippen LogP contribution in [0.2, 0.25) is 0 Å². The number of hydrogen-bond acceptors (Lipinski definition) is 8. The van der Waals surface area contributed by atoms with Crippen molar-refractivity contribution in [1.82, 2.24) is 0 Å². The summed E-state index contributed by atoms with van der Waals surface area (Å²) in [6.07, 6.45) is 0. The second-order valence-corrected chi connectivity index (χ2v) is 4.69. The van der Waals surface area contributed by atoms with Crippen LogP contribution in [-0.2, 0) is 0 Å². The molecule has 0 bridgehead atoms. The first kappa shape index (κ1) is 16.6. The van der Waals surface area contributed by atoms with E-state index in [-0.39, 0.29) is 36.7 Å². The van der Waals surface area contributed by atoms with Gasteiger partial charge in [0.15, 0.2) is 0 Å². The van der Waals surface area contributed by atoms with Crippen molar-refractivity contribution in [2.75, 3.05) is 19.6 Å². The lowest BCUT2D eigenvalue weighted by Gasteiger charge is -2.24. The average Bonchev–Trinajstić information content (AvgIpc) is 2.44. The Morgan fingerprint density at radius 3 is 1.70 bits per heavy atom. The maximum atomic E-state index is 10.4. The number of nitrogens with two attached hydrogens (primary N) is 6. The van der Waals surface area contributed by atoms with Crippen molar-refractivity contribution in [2.45, 2.75) is 18.1 Å². The van der Waals surface area contributed by atoms with Crippen LogP contribution in [0.25, 0.3) is 0 Å². The monoisotopic (exact) mass is 284 g/mol. The predicted molar refractivity (Wildman–Crippen MR) is 77.7 cm³/mol. The van der Waals surface area contributed by atoms with Gasteiger partial charge in [-0.05, 0) is 11.6 Å². The molecule has 0 aromatic heterocycles. The van der Waals surface area contributed by atoms with Gasteiger partial charge in [0.05, 0.1) is 5.56 Å². The third-order valence-electron chi connectivity index (χ3n) is 3.29. The van der Waals surface area contributed by atoms with E-state index in [1.807, 2.05) is 0 Å². The summed E-state index contributed by atoms with van der Waals surface area (Å²) in [4.78, 5) is 0. The fourth-order valence-electron chi connectivity index (χ4n) is 2.13. The largest absolute Gasteiger partial charge is 0.507 e. The molecule has 20 heavy (non-hydrogen) atoms. The fraction of sp³-hybridized carbons (Fsp3) is 0.500. The minimum Gasteiger partial charge on any atom is -0.507 e. The van der Waals surface area contributed by atoms with Crippen molar-refractivity contribution in [2.24, 2.45) is 34.4 Å². The van der Waals surface area contributed by atoms with Crippen LogP contribution in [0.5, 0.6) is 11.5 Å². The average molecular weight is 284 g/mol. The van der Waals surface area contributed by atoms with Crippen LogP contribution in [0.1, 0.15) is 34.8 Å². The van der Waals surface area contributed by atoms with Crippen LogP contribution >= 0.6 is 0 Å². The van der Waals surface area contributed by atoms with Gasteiger partial charge in [-0.15, -0.1) is 0 Å². The Morgan fingerprint density at radius 2 is 1.25 bits per heavy atom. The normalized spacial score (nSPS) is 15.9. The Balaban J connectivity index is 3.56. The SMILES string of the molecule is NCC(N)c1cc(O)c(C(N)CN)c(O)c1C(N)CN. The van der Waals surface area contributed by atoms with E-state index in [0.29, 0.717) is 11.1 Å². The van der Waals surface area contributed by atoms with Gasteiger partial charge in [-0.1, -0.05) is 0 Å². The summed E-state index contributed by atoms with van der Waals surface area (Å²) < 4.78 is 0. The molecule has 8 nitrogen and oxygen atoms in total. The van der Waals surface area contributed by atoms with E-state index in [1.54, 1.807) is 0 Å². The van der Waals surface area contributed by atoms with E-state index in [0.717, 1.165) is 0 Å². The number of phenolic OH excluding ortho intramolecular Hbond substituents is 2. The molecule has 1 rings (SSSR count). The van der Waals surface area contributed by atoms with Gasteiger partial charge in [0, 0.05) is 43.3 Å². The maximum absolute atomic E-state index is 10.4. The third kappa shape index (κ3) is 3.01. The molecule has 8 heteroatoms. The molecule has 3 atom stereocenters. The highest BCUT2D eigenvalue weighted by Crippen LogP contribution is 2.40. The van der Waals surface area contributed by atoms with E-state index in [1.165, 1.54) is 6.07 Å². The van der Waals surface area contributed by atoms with Crippen molar-refractivity contribution in [3.63, 3.8) is 0 Å². The molecule has 0 heterocycles. The van der Waals surface area contributed by atoms with Crippen molar-refractivity contribution in [3.05, 3.63) is 22.8 Å². The zero-order chi connectivity index (χ0) is 15.4. The molecule has 0 aliphatic carbocycles. The standard InChI is InChI=1S/C12H24N6O2/c13-2-6(16)5-1-9(19)11(8(18)4-15)12(20)10(5)7(17)3-14/h1,6-8,19-20H,2-4,13-18H2. The predicted octanol–water partition coefficient (Wildman–Crippen LogP) is -2.03. The second-order valence-electron chi connectivity index (χ2n) is 4.69. The summed E-state index contributed by atoms with van der Waals surface area (Å²) >= 11 is 0. The van der Waals surface area contributed by atoms with Crippen molar-refractivity contribution < 1.29 is 10.2 Å². The number of aromatic hydroxyl groups is 2. The lowest BCUT2D eigenvalue weighted by atomic mass is 9.89. The summed E-state index contributed by atoms with van der Waals surface area (Å²) in [5.41, 5.74) is 35.1. The van der Waals surface area contributed by atoms with E-state index in [2.05, 4.69) is 0 Å². The molecule has 3 unspecified atom stereocenters. The molecule has 0 amide bonds. The van der Waals surface area contributed by atoms with Crippen LogP contribution in [0.4, 0.5) is 0 Å². The first-order valence-corrected chi connectivity index (χ1v) is 6.34. The lowest BCUT2D eigenvalue weighted by molar-refractivity contribution is 0.418. The summed E-state index contributed by atoms with van der Waals surface area (Å²) in [5.74, 6) is -0.410. The number of rotatable bonds is 6. The number of benzene rings is 1. The molecular weight excluding hydrogens is 260 g/mol. The highest BCUT2D eigenvalue weighted by Gasteiger charge is 2.26. The van der Waals surface area contributed by atoms with Gasteiger partial charge in [0.2, 0.25) is 0 Å². The summed E-state index contributed by atoms with van der Waals surface area (Å²) in [6.45, 7) is 0.284. The summed E-state index contributed by atoms with van der Waals surface area (Å²) in [6, 6.07) is -0.538. The maximum Gasteiger partial charge on any atom is 0.129 e. The van der Waals surface area contributed by atoms with Crippen LogP contribution in [0.3, 0.4) is 0 Å². The van der Waals surface area contributed by atoms with Gasteiger partial charge in [0.1, 0.15) is 11.5 Å². The summed E-state index contributed by atoms with van der Waals surface area (Å²) in [7, 11) is 0. The molecule has 1 aromatic rings. The zero-order valence-corrected chi connectivity index (χ0v) is 11.3. The molecule has 0 aliphatic heterocycles. The van der Waals surface area contributed by atoms with Crippen LogP contribution in [0.15, 0.2) is 6.07 Å². The quantitative estimate of drug-likeness (QED) is 0.292. The molecule has 0 saturated heterocycles. The molecule has 0 spiro atoms. The smallest absolute Gasteiger partial charge is 0.129 e. The third-order valence-corrected chi connectivity index (χ3v) is 3.29. The summed E-state index contributed by atoms with van der Waals surface area (Å²) in [5, 5.41) is 20.4. The van der Waals surface area contributed by atoms with E-state index >= 15 is 0 Å². The van der Waals surface area contributed by atoms with Gasteiger partial charge < -0.3 is 44.6 Å². The molecule has 114 valence electrons. The molecular formula is C12H24N6O2. The molecule has 14 N–H and O–H groups in total. The second kappa shape index (κ2) is 6.84. The van der Waals surface area contributed by atoms with Gasteiger partial charge in [-0.2, -0.15) is 0 Å². The van der Waals surface area contributed by atoms with Crippen LogP contribution in [-0.4, -0.2) is 29.8 Å². The highest BCUT2D eigenvalue weighted by molar-refractivity contribution is 5.56. The first-order chi connectivity index (χ1) is 9.38. The Kier molecular flexibility index (Phi) is 5.69. The topological polar surface area (TPSA) is 197 Å². The highest BCUT2D eigenvalue weighted by atomic mass is 16.3. The Labute approximate surface area is 117 Å². The van der Waals surface area contributed by atoms with Gasteiger partial charge in [-0.3, -0.25) is 0 Å². The zero-order valence-electron chi connectivity index (χ0n) is 11.3. The number of phenols is 2. The Morgan fingerprint density at radius 1 is 0.800 bits per heavy atom. The van der Waals surface area contributed by atoms with E-state index < -0.39 is 18.1 Å². The minimum atomic E-state index is -0.720. The van der Waals surface area contributed by atoms with Crippen LogP contribution in [0, 0.1) is 0 Å². The van der Waals surface area contributed by atoms with Crippen molar-refractivity contribution >= 4 is 0 Å². The lowest BCUT2D eigenvalue weighted by Crippen LogP contribution is -2.29. The Hall–Kier alpha value is -1.42. The molecule has 0 radical (unpaired) electrons. The van der Waals surface area contributed by atoms with Gasteiger partial charge in [0.25, 0.3) is 0 Å². The molecule has 0 aliphatic rings. The van der Waals surface area contributed by atoms with Crippen LogP contribution < -0.4 is 34.4 Å². The molecule has 0 fully saturated rings. The molecule has 1 aromatic carbocycles. The van der Waals surface area contributed by atoms with E-state index in [9.17, 15) is 10.2 Å². The van der Waals surface area contributed by atoms with Crippen molar-refractivity contribution in [1.29, 1.82) is 0 Å². The minimum absolute atomic E-state index is 0.0563. The van der Waals surface area contributed by atoms with Crippen molar-refractivity contribution in [3.8, 4) is 11.5 Å². The molecule has 0 saturated carbocycles. The van der Waals surface area contributed by atoms with Gasteiger partial charge in [-0.25, -0.2) is 0 Å². The number of hydrogen-bond donors (Lipinski definition) is 8. The van der Waals surface area contributed by atoms with Gasteiger partial charge >= 0.3 is 0 Å². The fourth-order valence-corrected chi connectivity index (χ4v) is 2.13. The first-order valence-electron chi connectivity index (χ1n) is 6.34. The van der Waals surface area contributed by atoms with E-state index in [4.69, 9.17) is 34.4 Å². The Bertz CT molecular complexity index is 468.